The summed E-state index contributed by atoms with van der Waals surface area (Å²) in [6, 6.07) is 24.3. The van der Waals surface area contributed by atoms with Gasteiger partial charge in [-0.3, -0.25) is 4.98 Å². The normalized spacial score (nSPS) is 11.2. The maximum atomic E-state index is 12.8. The summed E-state index contributed by atoms with van der Waals surface area (Å²) in [7, 11) is -3.57. The molecule has 0 atom stereocenters. The van der Waals surface area contributed by atoms with E-state index >= 15 is 0 Å². The molecule has 0 fully saturated rings. The summed E-state index contributed by atoms with van der Waals surface area (Å²) in [4.78, 5) is 13.3. The third-order valence-corrected chi connectivity index (χ3v) is 5.72. The third-order valence-electron chi connectivity index (χ3n) is 4.06. The van der Waals surface area contributed by atoms with Gasteiger partial charge in [0, 0.05) is 12.3 Å². The molecule has 0 saturated carbocycles. The maximum absolute atomic E-state index is 12.8. The van der Waals surface area contributed by atoms with Gasteiger partial charge in [0.15, 0.2) is 15.7 Å². The van der Waals surface area contributed by atoms with E-state index in [9.17, 15) is 8.42 Å². The molecule has 29 heavy (non-hydrogen) atoms. The lowest BCUT2D eigenvalue weighted by atomic mass is 10.3. The first-order valence-electron chi connectivity index (χ1n) is 8.90. The lowest BCUT2D eigenvalue weighted by Gasteiger charge is -2.10. The van der Waals surface area contributed by atoms with Crippen molar-refractivity contribution >= 4 is 9.84 Å². The predicted molar refractivity (Wildman–Crippen MR) is 109 cm³/mol. The monoisotopic (exact) mass is 403 g/mol. The molecule has 0 bridgehead atoms. The summed E-state index contributed by atoms with van der Waals surface area (Å²) in [6.45, 7) is 0. The average Bonchev–Trinajstić information content (AvgIpc) is 2.75. The van der Waals surface area contributed by atoms with Crippen LogP contribution in [0.3, 0.4) is 0 Å². The Morgan fingerprint density at radius 1 is 0.793 bits per heavy atom. The first-order chi connectivity index (χ1) is 14.1. The summed E-state index contributed by atoms with van der Waals surface area (Å²) in [5.74, 6) is 0.877. The quantitative estimate of drug-likeness (QED) is 0.477. The van der Waals surface area contributed by atoms with Crippen molar-refractivity contribution in [1.29, 1.82) is 0 Å². The highest BCUT2D eigenvalue weighted by Crippen LogP contribution is 2.24. The minimum atomic E-state index is -3.57. The highest BCUT2D eigenvalue weighted by molar-refractivity contribution is 7.90. The summed E-state index contributed by atoms with van der Waals surface area (Å²) in [5, 5.41) is 0. The fraction of sp³-hybridized carbons (Fsp3) is 0.0455. The smallest absolute Gasteiger partial charge is 0.223 e. The predicted octanol–water partition coefficient (Wildman–Crippen LogP) is 4.30. The van der Waals surface area contributed by atoms with E-state index in [-0.39, 0.29) is 16.5 Å². The summed E-state index contributed by atoms with van der Waals surface area (Å²) >= 11 is 0. The Balaban J connectivity index is 1.73. The van der Waals surface area contributed by atoms with Crippen molar-refractivity contribution in [1.82, 2.24) is 15.0 Å². The molecule has 0 saturated heterocycles. The molecule has 0 spiro atoms. The number of rotatable bonds is 6. The van der Waals surface area contributed by atoms with Gasteiger partial charge in [-0.25, -0.2) is 13.4 Å². The zero-order valence-electron chi connectivity index (χ0n) is 15.3. The first kappa shape index (κ1) is 18.8. The molecule has 0 radical (unpaired) electrons. The van der Waals surface area contributed by atoms with Crippen molar-refractivity contribution in [3.8, 4) is 23.1 Å². The van der Waals surface area contributed by atoms with Crippen molar-refractivity contribution in [3.63, 3.8) is 0 Å². The van der Waals surface area contributed by atoms with Gasteiger partial charge in [-0.05, 0) is 36.4 Å². The summed E-state index contributed by atoms with van der Waals surface area (Å²) < 4.78 is 31.4. The highest BCUT2D eigenvalue weighted by Gasteiger charge is 2.18. The van der Waals surface area contributed by atoms with Crippen LogP contribution in [-0.4, -0.2) is 23.4 Å². The Labute approximate surface area is 168 Å². The molecule has 4 rings (SSSR count). The van der Waals surface area contributed by atoms with Crippen molar-refractivity contribution in [3.05, 3.63) is 96.8 Å². The van der Waals surface area contributed by atoms with Gasteiger partial charge >= 0.3 is 0 Å². The van der Waals surface area contributed by atoms with Crippen LogP contribution in [0.25, 0.3) is 11.5 Å². The molecule has 144 valence electrons. The third kappa shape index (κ3) is 4.64. The minimum absolute atomic E-state index is 0.239. The van der Waals surface area contributed by atoms with Crippen LogP contribution in [0.2, 0.25) is 0 Å². The van der Waals surface area contributed by atoms with Gasteiger partial charge in [-0.15, -0.1) is 0 Å². The van der Waals surface area contributed by atoms with Crippen LogP contribution in [0.4, 0.5) is 0 Å². The Morgan fingerprint density at radius 2 is 1.48 bits per heavy atom. The van der Waals surface area contributed by atoms with E-state index < -0.39 is 9.84 Å². The van der Waals surface area contributed by atoms with Gasteiger partial charge < -0.3 is 4.74 Å². The van der Waals surface area contributed by atoms with Gasteiger partial charge in [0.1, 0.15) is 11.4 Å². The number of ether oxygens (including phenoxy) is 1. The van der Waals surface area contributed by atoms with E-state index in [4.69, 9.17) is 4.74 Å². The lowest BCUT2D eigenvalue weighted by molar-refractivity contribution is 0.461. The fourth-order valence-electron chi connectivity index (χ4n) is 2.72. The molecule has 0 amide bonds. The fourth-order valence-corrected chi connectivity index (χ4v) is 4.00. The molecule has 4 aromatic rings. The largest absolute Gasteiger partial charge is 0.439 e. The number of pyridine rings is 1. The van der Waals surface area contributed by atoms with E-state index in [0.29, 0.717) is 23.0 Å². The molecular formula is C22H17N3O3S. The minimum Gasteiger partial charge on any atom is -0.439 e. The zero-order chi connectivity index (χ0) is 20.1. The number of hydrogen-bond acceptors (Lipinski definition) is 6. The average molecular weight is 403 g/mol. The van der Waals surface area contributed by atoms with Gasteiger partial charge in [0.05, 0.1) is 16.3 Å². The van der Waals surface area contributed by atoms with Gasteiger partial charge in [0.25, 0.3) is 0 Å². The van der Waals surface area contributed by atoms with Crippen LogP contribution in [0.15, 0.2) is 96.0 Å². The van der Waals surface area contributed by atoms with Crippen LogP contribution in [-0.2, 0) is 15.6 Å². The standard InChI is InChI=1S/C22H17N3O3S/c26-29(27,19-11-5-2-6-12-19)16-17-15-21(28-18-9-3-1-4-10-18)25-22(24-17)20-13-7-8-14-23-20/h1-15H,16H2. The molecule has 6 nitrogen and oxygen atoms in total. The second-order valence-corrected chi connectivity index (χ2v) is 8.21. The SMILES string of the molecule is O=S(=O)(Cc1cc(Oc2ccccc2)nc(-c2ccccn2)n1)c1ccccc1. The number of hydrogen-bond donors (Lipinski definition) is 0. The van der Waals surface area contributed by atoms with Crippen LogP contribution >= 0.6 is 0 Å². The molecule has 0 unspecified atom stereocenters. The Morgan fingerprint density at radius 3 is 2.17 bits per heavy atom. The second-order valence-electron chi connectivity index (χ2n) is 6.22. The van der Waals surface area contributed by atoms with Crippen LogP contribution in [0.5, 0.6) is 11.6 Å². The van der Waals surface area contributed by atoms with Crippen molar-refractivity contribution in [2.45, 2.75) is 10.6 Å². The molecular weight excluding hydrogens is 386 g/mol. The van der Waals surface area contributed by atoms with Gasteiger partial charge in [-0.2, -0.15) is 4.98 Å². The first-order valence-corrected chi connectivity index (χ1v) is 10.6. The van der Waals surface area contributed by atoms with Crippen LogP contribution in [0.1, 0.15) is 5.69 Å². The molecule has 0 aliphatic rings. The Bertz CT molecular complexity index is 1200. The number of nitrogens with zero attached hydrogens (tertiary/aromatic N) is 3. The van der Waals surface area contributed by atoms with Crippen molar-refractivity contribution in [2.75, 3.05) is 0 Å². The molecule has 7 heteroatoms. The molecule has 2 heterocycles. The second kappa shape index (κ2) is 8.20. The maximum Gasteiger partial charge on any atom is 0.223 e. The Hall–Kier alpha value is -3.58. The molecule has 0 aliphatic carbocycles. The van der Waals surface area contributed by atoms with E-state index in [2.05, 4.69) is 15.0 Å². The molecule has 0 aliphatic heterocycles. The lowest BCUT2D eigenvalue weighted by Crippen LogP contribution is -2.08. The zero-order valence-corrected chi connectivity index (χ0v) is 16.2. The van der Waals surface area contributed by atoms with E-state index in [1.54, 1.807) is 66.9 Å². The number of benzene rings is 2. The molecule has 2 aromatic carbocycles. The molecule has 2 aromatic heterocycles. The van der Waals surface area contributed by atoms with Crippen LogP contribution < -0.4 is 4.74 Å². The number of sulfone groups is 1. The van der Waals surface area contributed by atoms with Crippen LogP contribution in [0, 0.1) is 0 Å². The topological polar surface area (TPSA) is 82.0 Å². The summed E-state index contributed by atoms with van der Waals surface area (Å²) in [6.07, 6.45) is 1.63. The molecule has 0 N–H and O–H groups in total. The van der Waals surface area contributed by atoms with E-state index in [1.165, 1.54) is 0 Å². The summed E-state index contributed by atoms with van der Waals surface area (Å²) in [5.41, 5.74) is 0.861. The van der Waals surface area contributed by atoms with Crippen molar-refractivity contribution < 1.29 is 13.2 Å². The Kier molecular flexibility index (Phi) is 5.31. The van der Waals surface area contributed by atoms with E-state index in [0.717, 1.165) is 0 Å². The number of para-hydroxylation sites is 1. The number of aromatic nitrogens is 3. The van der Waals surface area contributed by atoms with Gasteiger partial charge in [0.2, 0.25) is 5.88 Å². The highest BCUT2D eigenvalue weighted by atomic mass is 32.2. The van der Waals surface area contributed by atoms with Gasteiger partial charge in [-0.1, -0.05) is 42.5 Å². The van der Waals surface area contributed by atoms with Crippen molar-refractivity contribution in [2.24, 2.45) is 0 Å². The van der Waals surface area contributed by atoms with E-state index in [1.807, 2.05) is 24.3 Å².